The van der Waals surface area contributed by atoms with Crippen LogP contribution in [0.5, 0.6) is 11.6 Å². The number of hydrogen-bond acceptors (Lipinski definition) is 9. The van der Waals surface area contributed by atoms with Gasteiger partial charge in [-0.15, -0.1) is 0 Å². The number of rotatable bonds is 9. The van der Waals surface area contributed by atoms with Gasteiger partial charge in [0.05, 0.1) is 28.3 Å². The fourth-order valence-electron chi connectivity index (χ4n) is 4.19. The van der Waals surface area contributed by atoms with E-state index < -0.39 is 11.6 Å². The van der Waals surface area contributed by atoms with E-state index in [0.29, 0.717) is 84.5 Å². The fraction of sp³-hybridized carbons (Fsp3) is 0.444. The number of amides is 1. The van der Waals surface area contributed by atoms with Crippen LogP contribution >= 0.6 is 11.6 Å². The number of aliphatic imine (C=N–C) groups is 1. The van der Waals surface area contributed by atoms with Gasteiger partial charge in [-0.1, -0.05) is 11.6 Å². The maximum absolute atomic E-state index is 12.5. The number of nitrogens with one attached hydrogen (secondary N) is 1. The minimum Gasteiger partial charge on any atom is -0.494 e. The van der Waals surface area contributed by atoms with Crippen LogP contribution in [0.3, 0.4) is 0 Å². The first-order valence-electron chi connectivity index (χ1n) is 13.0. The summed E-state index contributed by atoms with van der Waals surface area (Å²) in [6.45, 7) is 7.81. The molecule has 0 radical (unpaired) electrons. The zero-order valence-electron chi connectivity index (χ0n) is 22.7. The van der Waals surface area contributed by atoms with Gasteiger partial charge in [0.1, 0.15) is 29.1 Å². The molecule has 0 unspecified atom stereocenters. The summed E-state index contributed by atoms with van der Waals surface area (Å²) in [5, 5.41) is 20.5. The Labute approximate surface area is 236 Å². The van der Waals surface area contributed by atoms with Crippen molar-refractivity contribution < 1.29 is 29.3 Å². The number of carbonyl (C=O) groups excluding carboxylic acids is 1. The molecule has 0 atom stereocenters. The van der Waals surface area contributed by atoms with E-state index in [0.717, 1.165) is 0 Å². The van der Waals surface area contributed by atoms with Crippen molar-refractivity contribution in [2.45, 2.75) is 45.6 Å². The minimum atomic E-state index is -0.841. The molecule has 0 saturated carbocycles. The van der Waals surface area contributed by atoms with Crippen molar-refractivity contribution in [2.75, 3.05) is 37.7 Å². The number of H-pyrrole nitrogens is 1. The molecule has 12 nitrogen and oxygen atoms in total. The lowest BCUT2D eigenvalue weighted by molar-refractivity contribution is -0.137. The van der Waals surface area contributed by atoms with Gasteiger partial charge < -0.3 is 34.5 Å². The van der Waals surface area contributed by atoms with Gasteiger partial charge in [-0.05, 0) is 45.7 Å². The van der Waals surface area contributed by atoms with Crippen molar-refractivity contribution in [3.63, 3.8) is 0 Å². The number of carboxylic acid groups (broad SMARTS) is 1. The highest BCUT2D eigenvalue weighted by Crippen LogP contribution is 2.33. The summed E-state index contributed by atoms with van der Waals surface area (Å²) in [5.41, 5.74) is 0.859. The van der Waals surface area contributed by atoms with Crippen LogP contribution in [0.2, 0.25) is 5.02 Å². The summed E-state index contributed by atoms with van der Waals surface area (Å²) in [5.74, 6) is 0.110. The Morgan fingerprint density at radius 3 is 2.62 bits per heavy atom. The molecule has 1 fully saturated rings. The van der Waals surface area contributed by atoms with E-state index in [4.69, 9.17) is 26.2 Å². The highest BCUT2D eigenvalue weighted by atomic mass is 35.5. The molecular weight excluding hydrogens is 540 g/mol. The van der Waals surface area contributed by atoms with E-state index in [1.54, 1.807) is 23.1 Å². The predicted molar refractivity (Wildman–Crippen MR) is 151 cm³/mol. The SMILES string of the molecule is CC(C)(C)OC(=O)N1CCN(c2ncnc3[nH]c(O)c(C=Nc4ccc(Cl)c(OCCCCC(=O)O)c4)c23)CC1. The molecule has 1 aliphatic heterocycles. The Kier molecular flexibility index (Phi) is 8.98. The number of carboxylic acids is 1. The fourth-order valence-corrected chi connectivity index (χ4v) is 4.36. The molecule has 214 valence electrons. The molecule has 40 heavy (non-hydrogen) atoms. The Hall–Kier alpha value is -4.06. The van der Waals surface area contributed by atoms with Gasteiger partial charge in [0.2, 0.25) is 0 Å². The Morgan fingerprint density at radius 2 is 1.93 bits per heavy atom. The molecule has 0 bridgehead atoms. The van der Waals surface area contributed by atoms with E-state index >= 15 is 0 Å². The number of ether oxygens (including phenoxy) is 2. The van der Waals surface area contributed by atoms with Crippen molar-refractivity contribution in [1.82, 2.24) is 19.9 Å². The second-order valence-corrected chi connectivity index (χ2v) is 10.7. The maximum Gasteiger partial charge on any atom is 0.410 e. The molecule has 1 amide bonds. The van der Waals surface area contributed by atoms with E-state index in [1.807, 2.05) is 25.7 Å². The van der Waals surface area contributed by atoms with Crippen molar-refractivity contribution in [1.29, 1.82) is 0 Å². The predicted octanol–water partition coefficient (Wildman–Crippen LogP) is 4.76. The van der Waals surface area contributed by atoms with Gasteiger partial charge in [0.25, 0.3) is 0 Å². The Bertz CT molecular complexity index is 1390. The number of unbranched alkanes of at least 4 members (excludes halogenated alkanes) is 1. The standard InChI is InChI=1S/C27H33ClN6O6/c1-27(2,3)40-26(38)34-11-9-33(10-12-34)24-22-18(25(37)32-23(22)30-16-31-24)15-29-17-7-8-19(28)20(14-17)39-13-5-4-6-21(35)36/h7-8,14-16,37H,4-6,9-13H2,1-3H3,(H,35,36)(H,30,31,32). The molecule has 1 saturated heterocycles. The highest BCUT2D eigenvalue weighted by molar-refractivity contribution is 6.32. The zero-order valence-corrected chi connectivity index (χ0v) is 23.4. The van der Waals surface area contributed by atoms with E-state index in [-0.39, 0.29) is 18.4 Å². The number of piperazine rings is 1. The average molecular weight is 573 g/mol. The number of anilines is 1. The number of halogens is 1. The molecule has 2 aromatic heterocycles. The number of aromatic amines is 1. The molecule has 3 N–H and O–H groups in total. The minimum absolute atomic E-state index is 0.0840. The monoisotopic (exact) mass is 572 g/mol. The van der Waals surface area contributed by atoms with Crippen molar-refractivity contribution in [3.05, 3.63) is 35.1 Å². The van der Waals surface area contributed by atoms with Crippen LogP contribution in [0.15, 0.2) is 29.5 Å². The van der Waals surface area contributed by atoms with Crippen molar-refractivity contribution >= 4 is 52.4 Å². The van der Waals surface area contributed by atoms with Gasteiger partial charge >= 0.3 is 12.1 Å². The summed E-state index contributed by atoms with van der Waals surface area (Å²) < 4.78 is 11.2. The van der Waals surface area contributed by atoms with E-state index in [1.165, 1.54) is 12.5 Å². The first kappa shape index (κ1) is 28.9. The van der Waals surface area contributed by atoms with Crippen molar-refractivity contribution in [2.24, 2.45) is 4.99 Å². The smallest absolute Gasteiger partial charge is 0.410 e. The Balaban J connectivity index is 1.50. The number of carbonyl (C=O) groups is 2. The second-order valence-electron chi connectivity index (χ2n) is 10.3. The van der Waals surface area contributed by atoms with Gasteiger partial charge in [0, 0.05) is 44.9 Å². The van der Waals surface area contributed by atoms with Gasteiger partial charge in [-0.25, -0.2) is 14.8 Å². The lowest BCUT2D eigenvalue weighted by Crippen LogP contribution is -2.50. The number of fused-ring (bicyclic) bond motifs is 1. The van der Waals surface area contributed by atoms with Crippen LogP contribution in [0.1, 0.15) is 45.6 Å². The quantitative estimate of drug-likeness (QED) is 0.243. The van der Waals surface area contributed by atoms with Crippen molar-refractivity contribution in [3.8, 4) is 11.6 Å². The number of aliphatic carboxylic acids is 1. The third-order valence-corrected chi connectivity index (χ3v) is 6.43. The molecular formula is C27H33ClN6O6. The molecule has 13 heteroatoms. The molecule has 1 aromatic carbocycles. The van der Waals surface area contributed by atoms with Crippen LogP contribution in [0.25, 0.3) is 11.0 Å². The largest absolute Gasteiger partial charge is 0.494 e. The summed E-state index contributed by atoms with van der Waals surface area (Å²) in [4.78, 5) is 43.0. The molecule has 3 aromatic rings. The van der Waals surface area contributed by atoms with Crippen LogP contribution in [-0.4, -0.2) is 86.7 Å². The lowest BCUT2D eigenvalue weighted by Gasteiger charge is -2.36. The molecule has 0 aliphatic carbocycles. The number of aromatic nitrogens is 3. The molecule has 4 rings (SSSR count). The van der Waals surface area contributed by atoms with Gasteiger partial charge in [0.15, 0.2) is 5.88 Å². The first-order valence-corrected chi connectivity index (χ1v) is 13.4. The van der Waals surface area contributed by atoms with Gasteiger partial charge in [-0.3, -0.25) is 9.79 Å². The van der Waals surface area contributed by atoms with Crippen LogP contribution < -0.4 is 9.64 Å². The third-order valence-electron chi connectivity index (χ3n) is 6.12. The maximum atomic E-state index is 12.5. The summed E-state index contributed by atoms with van der Waals surface area (Å²) >= 11 is 6.26. The first-order chi connectivity index (χ1) is 19.0. The summed E-state index contributed by atoms with van der Waals surface area (Å²) in [6.07, 6.45) is 3.77. The number of hydrogen-bond donors (Lipinski definition) is 3. The number of nitrogens with zero attached hydrogens (tertiary/aromatic N) is 5. The third kappa shape index (κ3) is 7.32. The second kappa shape index (κ2) is 12.4. The van der Waals surface area contributed by atoms with Crippen LogP contribution in [0.4, 0.5) is 16.3 Å². The van der Waals surface area contributed by atoms with Gasteiger partial charge in [-0.2, -0.15) is 0 Å². The van der Waals surface area contributed by atoms with E-state index in [2.05, 4.69) is 19.9 Å². The number of benzene rings is 1. The van der Waals surface area contributed by atoms with Crippen LogP contribution in [-0.2, 0) is 9.53 Å². The summed E-state index contributed by atoms with van der Waals surface area (Å²) in [6, 6.07) is 5.05. The number of aromatic hydroxyl groups is 1. The average Bonchev–Trinajstić information content (AvgIpc) is 3.22. The molecule has 0 spiro atoms. The van der Waals surface area contributed by atoms with E-state index in [9.17, 15) is 14.7 Å². The topological polar surface area (TPSA) is 153 Å². The molecule has 1 aliphatic rings. The zero-order chi connectivity index (χ0) is 28.9. The summed E-state index contributed by atoms with van der Waals surface area (Å²) in [7, 11) is 0. The highest BCUT2D eigenvalue weighted by Gasteiger charge is 2.28. The van der Waals surface area contributed by atoms with Crippen LogP contribution in [0, 0.1) is 0 Å². The Morgan fingerprint density at radius 1 is 1.18 bits per heavy atom. The normalized spacial score (nSPS) is 14.2. The lowest BCUT2D eigenvalue weighted by atomic mass is 10.2. The molecule has 3 heterocycles.